The van der Waals surface area contributed by atoms with E-state index >= 15 is 0 Å². The number of halogens is 1. The van der Waals surface area contributed by atoms with Crippen LogP contribution in [0.2, 0.25) is 0 Å². The van der Waals surface area contributed by atoms with Crippen LogP contribution < -0.4 is 0 Å². The highest BCUT2D eigenvalue weighted by molar-refractivity contribution is 5.87. The first-order chi connectivity index (χ1) is 5.73. The minimum absolute atomic E-state index is 0.0937. The van der Waals surface area contributed by atoms with Crippen molar-refractivity contribution in [3.05, 3.63) is 0 Å². The largest absolute Gasteiger partial charge is 0.390 e. The van der Waals surface area contributed by atoms with E-state index in [0.717, 1.165) is 0 Å². The average Bonchev–Trinajstić information content (AvgIpc) is 1.92. The third-order valence-electron chi connectivity index (χ3n) is 2.97. The van der Waals surface area contributed by atoms with E-state index in [1.54, 1.807) is 13.8 Å². The van der Waals surface area contributed by atoms with Crippen molar-refractivity contribution in [2.75, 3.05) is 0 Å². The molecule has 0 bridgehead atoms. The summed E-state index contributed by atoms with van der Waals surface area (Å²) in [7, 11) is 0. The van der Waals surface area contributed by atoms with Gasteiger partial charge in [0.1, 0.15) is 0 Å². The first-order valence-electron chi connectivity index (χ1n) is 4.68. The zero-order valence-electron chi connectivity index (χ0n) is 8.43. The van der Waals surface area contributed by atoms with E-state index in [9.17, 15) is 14.3 Å². The summed E-state index contributed by atoms with van der Waals surface area (Å²) in [6.07, 6.45) is 0.985. The van der Waals surface area contributed by atoms with Crippen LogP contribution >= 0.6 is 0 Å². The summed E-state index contributed by atoms with van der Waals surface area (Å²) in [4.78, 5) is 11.3. The molecule has 1 aliphatic rings. The molecule has 0 radical (unpaired) electrons. The van der Waals surface area contributed by atoms with Crippen molar-refractivity contribution >= 4 is 5.78 Å². The van der Waals surface area contributed by atoms with E-state index in [1.165, 1.54) is 6.92 Å². The smallest absolute Gasteiger partial charge is 0.170 e. The van der Waals surface area contributed by atoms with E-state index in [4.69, 9.17) is 0 Å². The monoisotopic (exact) mass is 188 g/mol. The maximum Gasteiger partial charge on any atom is 0.170 e. The first kappa shape index (κ1) is 10.6. The highest BCUT2D eigenvalue weighted by Gasteiger charge is 2.42. The Morgan fingerprint density at radius 1 is 1.62 bits per heavy atom. The number of rotatable bonds is 1. The molecule has 13 heavy (non-hydrogen) atoms. The number of hydrogen-bond donors (Lipinski definition) is 1. The summed E-state index contributed by atoms with van der Waals surface area (Å²) in [5.74, 6) is -0.463. The van der Waals surface area contributed by atoms with Crippen LogP contribution in [0.4, 0.5) is 4.39 Å². The van der Waals surface area contributed by atoms with Gasteiger partial charge in [0.15, 0.2) is 11.5 Å². The molecule has 2 atom stereocenters. The maximum absolute atomic E-state index is 13.4. The number of hydrogen-bond acceptors (Lipinski definition) is 2. The molecule has 0 spiro atoms. The van der Waals surface area contributed by atoms with Gasteiger partial charge in [0, 0.05) is 6.42 Å². The van der Waals surface area contributed by atoms with Crippen LogP contribution in [0.5, 0.6) is 0 Å². The summed E-state index contributed by atoms with van der Waals surface area (Å²) in [5, 5.41) is 9.66. The van der Waals surface area contributed by atoms with Gasteiger partial charge in [-0.25, -0.2) is 4.39 Å². The predicted octanol–water partition coefficient (Wildman–Crippen LogP) is 1.85. The Bertz CT molecular complexity index is 215. The zero-order chi connectivity index (χ0) is 10.3. The normalized spacial score (nSPS) is 36.4. The van der Waals surface area contributed by atoms with Gasteiger partial charge in [0.05, 0.1) is 5.60 Å². The van der Waals surface area contributed by atoms with Crippen molar-refractivity contribution in [2.24, 2.45) is 5.92 Å². The molecule has 3 heteroatoms. The molecule has 0 aromatic rings. The van der Waals surface area contributed by atoms with Crippen LogP contribution in [0.3, 0.4) is 0 Å². The predicted molar refractivity (Wildman–Crippen MR) is 48.2 cm³/mol. The second-order valence-corrected chi connectivity index (χ2v) is 4.71. The molecule has 1 aliphatic carbocycles. The lowest BCUT2D eigenvalue weighted by Gasteiger charge is -2.36. The first-order valence-corrected chi connectivity index (χ1v) is 4.68. The standard InChI is InChI=1S/C10H17FO2/c1-9(2,13)7-4-5-10(3,11)8(12)6-7/h7,13H,4-6H2,1-3H3/t7-,10+/m1/s1. The molecule has 0 aromatic heterocycles. The molecular weight excluding hydrogens is 171 g/mol. The Labute approximate surface area is 78.1 Å². The highest BCUT2D eigenvalue weighted by Crippen LogP contribution is 2.36. The van der Waals surface area contributed by atoms with Crippen molar-refractivity contribution in [2.45, 2.75) is 51.3 Å². The molecule has 1 N–H and O–H groups in total. The van der Waals surface area contributed by atoms with Crippen LogP contribution in [0.15, 0.2) is 0 Å². The van der Waals surface area contributed by atoms with Crippen LogP contribution in [-0.4, -0.2) is 22.2 Å². The van der Waals surface area contributed by atoms with Crippen LogP contribution in [-0.2, 0) is 4.79 Å². The van der Waals surface area contributed by atoms with Crippen LogP contribution in [0.25, 0.3) is 0 Å². The lowest BCUT2D eigenvalue weighted by atomic mass is 9.73. The molecule has 0 heterocycles. The molecule has 0 aromatic carbocycles. The summed E-state index contributed by atoms with van der Waals surface area (Å²) in [6, 6.07) is 0. The van der Waals surface area contributed by atoms with Crippen molar-refractivity contribution in [3.63, 3.8) is 0 Å². The SMILES string of the molecule is CC(C)(O)[C@@H]1CC[C@](C)(F)C(=O)C1. The van der Waals surface area contributed by atoms with Gasteiger partial charge in [-0.15, -0.1) is 0 Å². The Kier molecular flexibility index (Phi) is 2.50. The van der Waals surface area contributed by atoms with E-state index in [-0.39, 0.29) is 24.5 Å². The van der Waals surface area contributed by atoms with E-state index in [0.29, 0.717) is 6.42 Å². The van der Waals surface area contributed by atoms with Gasteiger partial charge in [-0.05, 0) is 39.5 Å². The van der Waals surface area contributed by atoms with Crippen LogP contribution in [0, 0.1) is 5.92 Å². The summed E-state index contributed by atoms with van der Waals surface area (Å²) in [5.41, 5.74) is -2.53. The Morgan fingerprint density at radius 2 is 2.15 bits per heavy atom. The molecule has 0 amide bonds. The summed E-state index contributed by atoms with van der Waals surface area (Å²) < 4.78 is 13.4. The topological polar surface area (TPSA) is 37.3 Å². The Morgan fingerprint density at radius 3 is 2.54 bits per heavy atom. The number of aliphatic hydroxyl groups is 1. The minimum atomic E-state index is -1.66. The fourth-order valence-corrected chi connectivity index (χ4v) is 1.73. The van der Waals surface area contributed by atoms with E-state index in [2.05, 4.69) is 0 Å². The van der Waals surface area contributed by atoms with E-state index in [1.807, 2.05) is 0 Å². The minimum Gasteiger partial charge on any atom is -0.390 e. The quantitative estimate of drug-likeness (QED) is 0.682. The van der Waals surface area contributed by atoms with Gasteiger partial charge in [0.25, 0.3) is 0 Å². The Balaban J connectivity index is 2.67. The molecule has 0 saturated heterocycles. The van der Waals surface area contributed by atoms with Crippen molar-refractivity contribution < 1.29 is 14.3 Å². The van der Waals surface area contributed by atoms with Crippen molar-refractivity contribution in [3.8, 4) is 0 Å². The molecule has 76 valence electrons. The van der Waals surface area contributed by atoms with Gasteiger partial charge in [-0.1, -0.05) is 0 Å². The summed E-state index contributed by atoms with van der Waals surface area (Å²) in [6.45, 7) is 4.67. The number of carbonyl (C=O) groups excluding carboxylic acids is 1. The maximum atomic E-state index is 13.4. The fraction of sp³-hybridized carbons (Fsp3) is 0.900. The molecule has 1 rings (SSSR count). The second-order valence-electron chi connectivity index (χ2n) is 4.71. The van der Waals surface area contributed by atoms with Crippen molar-refractivity contribution in [1.82, 2.24) is 0 Å². The van der Waals surface area contributed by atoms with Crippen LogP contribution in [0.1, 0.15) is 40.0 Å². The third kappa shape index (κ3) is 2.27. The van der Waals surface area contributed by atoms with Gasteiger partial charge in [-0.2, -0.15) is 0 Å². The van der Waals surface area contributed by atoms with E-state index < -0.39 is 11.3 Å². The Hall–Kier alpha value is -0.440. The van der Waals surface area contributed by atoms with Crippen molar-refractivity contribution in [1.29, 1.82) is 0 Å². The number of alkyl halides is 1. The highest BCUT2D eigenvalue weighted by atomic mass is 19.1. The molecule has 1 saturated carbocycles. The number of ketones is 1. The number of carbonyl (C=O) groups is 1. The second kappa shape index (κ2) is 3.05. The lowest BCUT2D eigenvalue weighted by Crippen LogP contribution is -2.43. The fourth-order valence-electron chi connectivity index (χ4n) is 1.73. The van der Waals surface area contributed by atoms with Gasteiger partial charge >= 0.3 is 0 Å². The van der Waals surface area contributed by atoms with Gasteiger partial charge in [-0.3, -0.25) is 4.79 Å². The van der Waals surface area contributed by atoms with Gasteiger partial charge in [0.2, 0.25) is 0 Å². The molecule has 0 aliphatic heterocycles. The van der Waals surface area contributed by atoms with Gasteiger partial charge < -0.3 is 5.11 Å². The molecule has 1 fully saturated rings. The lowest BCUT2D eigenvalue weighted by molar-refractivity contribution is -0.138. The number of Topliss-reactive ketones (excluding diaryl/α,β-unsaturated/α-hetero) is 1. The summed E-state index contributed by atoms with van der Waals surface area (Å²) >= 11 is 0. The average molecular weight is 188 g/mol. The third-order valence-corrected chi connectivity index (χ3v) is 2.97. The molecular formula is C10H17FO2. The zero-order valence-corrected chi connectivity index (χ0v) is 8.43. The molecule has 2 nitrogen and oxygen atoms in total. The molecule has 0 unspecified atom stereocenters.